The van der Waals surface area contributed by atoms with Crippen LogP contribution in [0, 0.1) is 0 Å². The number of nitrogens with one attached hydrogen (secondary N) is 2. The lowest BCUT2D eigenvalue weighted by Gasteiger charge is -2.45. The van der Waals surface area contributed by atoms with Crippen molar-refractivity contribution < 1.29 is 9.47 Å². The van der Waals surface area contributed by atoms with Gasteiger partial charge in [-0.15, -0.1) is 0 Å². The van der Waals surface area contributed by atoms with Crippen molar-refractivity contribution in [3.8, 4) is 11.5 Å². The zero-order valence-electron chi connectivity index (χ0n) is 28.5. The van der Waals surface area contributed by atoms with Crippen LogP contribution < -0.4 is 20.1 Å². The van der Waals surface area contributed by atoms with Crippen molar-refractivity contribution in [3.05, 3.63) is 162 Å². The van der Waals surface area contributed by atoms with E-state index >= 15 is 0 Å². The normalized spacial score (nSPS) is 20.1. The summed E-state index contributed by atoms with van der Waals surface area (Å²) in [7, 11) is 0. The van der Waals surface area contributed by atoms with E-state index in [-0.39, 0.29) is 11.2 Å². The standard InChI is InChI=1S/C23H23NO.C23H21NO/c2*1-2-6-17(7-3-1)21-16-23(12-14-24-15-13-23)25-22-19-9-5-4-8-18(19)10-11-20(21)22/h1-11,21,24H,12-16H2;1-11,16,24H,12-15H2. The smallest absolute Gasteiger partial charge is 0.136 e. The van der Waals surface area contributed by atoms with E-state index in [0.29, 0.717) is 5.92 Å². The number of ether oxygens (including phenoxy) is 2. The van der Waals surface area contributed by atoms with Crippen molar-refractivity contribution in [1.29, 1.82) is 0 Å². The molecule has 4 heteroatoms. The Balaban J connectivity index is 0.000000135. The number of hydrogen-bond acceptors (Lipinski definition) is 4. The molecule has 2 spiro atoms. The summed E-state index contributed by atoms with van der Waals surface area (Å²) in [6.45, 7) is 4.08. The molecule has 4 heterocycles. The Bertz CT molecular complexity index is 2160. The summed E-state index contributed by atoms with van der Waals surface area (Å²) in [4.78, 5) is 0. The SMILES string of the molecule is C1=C(c2ccccc2)c2ccc3ccccc3c2OC12CCNCC2.c1ccc(C2CC3(CCNCC3)Oc3c2ccc2ccccc32)cc1. The van der Waals surface area contributed by atoms with Crippen LogP contribution >= 0.6 is 0 Å². The van der Waals surface area contributed by atoms with Crippen LogP contribution in [0.2, 0.25) is 0 Å². The third-order valence-electron chi connectivity index (χ3n) is 11.3. The van der Waals surface area contributed by atoms with E-state index < -0.39 is 0 Å². The third-order valence-corrected chi connectivity index (χ3v) is 11.3. The molecule has 2 N–H and O–H groups in total. The molecular weight excluding hydrogens is 613 g/mol. The fourth-order valence-corrected chi connectivity index (χ4v) is 8.65. The Kier molecular flexibility index (Phi) is 8.15. The Morgan fingerprint density at radius 3 is 1.80 bits per heavy atom. The number of piperidine rings is 2. The summed E-state index contributed by atoms with van der Waals surface area (Å²) in [5, 5.41) is 11.9. The molecule has 4 nitrogen and oxygen atoms in total. The second-order valence-electron chi connectivity index (χ2n) is 14.4. The molecule has 0 amide bonds. The monoisotopic (exact) mass is 656 g/mol. The second kappa shape index (κ2) is 13.1. The summed E-state index contributed by atoms with van der Waals surface area (Å²) in [6.07, 6.45) is 7.63. The number of benzene rings is 6. The quantitative estimate of drug-likeness (QED) is 0.195. The van der Waals surface area contributed by atoms with E-state index in [9.17, 15) is 0 Å². The fraction of sp³-hybridized carbons (Fsp3) is 0.261. The highest BCUT2D eigenvalue weighted by molar-refractivity contribution is 5.97. The first kappa shape index (κ1) is 31.1. The summed E-state index contributed by atoms with van der Waals surface area (Å²) in [5.74, 6) is 2.56. The molecule has 0 radical (unpaired) electrons. The van der Waals surface area contributed by atoms with Gasteiger partial charge in [0.15, 0.2) is 0 Å². The highest BCUT2D eigenvalue weighted by Crippen LogP contribution is 2.50. The molecule has 0 aromatic heterocycles. The van der Waals surface area contributed by atoms with Gasteiger partial charge in [-0.3, -0.25) is 0 Å². The lowest BCUT2D eigenvalue weighted by Crippen LogP contribution is -2.49. The predicted molar refractivity (Wildman–Crippen MR) is 205 cm³/mol. The molecule has 1 atom stereocenters. The second-order valence-corrected chi connectivity index (χ2v) is 14.4. The molecule has 10 rings (SSSR count). The van der Waals surface area contributed by atoms with E-state index in [1.165, 1.54) is 49.4 Å². The van der Waals surface area contributed by atoms with Gasteiger partial charge in [-0.25, -0.2) is 0 Å². The van der Waals surface area contributed by atoms with Crippen molar-refractivity contribution in [1.82, 2.24) is 10.6 Å². The van der Waals surface area contributed by atoms with Crippen LogP contribution in [0.1, 0.15) is 60.3 Å². The molecule has 50 heavy (non-hydrogen) atoms. The topological polar surface area (TPSA) is 42.5 Å². The van der Waals surface area contributed by atoms with Gasteiger partial charge < -0.3 is 20.1 Å². The Morgan fingerprint density at radius 2 is 1.10 bits per heavy atom. The molecule has 2 fully saturated rings. The van der Waals surface area contributed by atoms with Crippen LogP contribution in [0.4, 0.5) is 0 Å². The highest BCUT2D eigenvalue weighted by atomic mass is 16.5. The molecule has 0 saturated carbocycles. The van der Waals surface area contributed by atoms with Gasteiger partial charge in [-0.05, 0) is 85.1 Å². The average Bonchev–Trinajstić information content (AvgIpc) is 3.19. The van der Waals surface area contributed by atoms with Gasteiger partial charge in [-0.1, -0.05) is 127 Å². The minimum Gasteiger partial charge on any atom is -0.486 e. The summed E-state index contributed by atoms with van der Waals surface area (Å²) in [5.41, 5.74) is 6.27. The average molecular weight is 657 g/mol. The summed E-state index contributed by atoms with van der Waals surface area (Å²) in [6, 6.07) is 47.7. The van der Waals surface area contributed by atoms with Crippen molar-refractivity contribution in [2.45, 2.75) is 49.2 Å². The molecule has 2 saturated heterocycles. The van der Waals surface area contributed by atoms with Crippen molar-refractivity contribution in [3.63, 3.8) is 0 Å². The first-order valence-corrected chi connectivity index (χ1v) is 18.4. The molecule has 0 bridgehead atoms. The van der Waals surface area contributed by atoms with Gasteiger partial charge in [-0.2, -0.15) is 0 Å². The minimum absolute atomic E-state index is 0.0388. The van der Waals surface area contributed by atoms with E-state index in [1.54, 1.807) is 0 Å². The van der Waals surface area contributed by atoms with Crippen molar-refractivity contribution in [2.24, 2.45) is 0 Å². The van der Waals surface area contributed by atoms with E-state index in [2.05, 4.69) is 150 Å². The summed E-state index contributed by atoms with van der Waals surface area (Å²) < 4.78 is 13.5. The molecule has 250 valence electrons. The first-order chi connectivity index (χ1) is 24.7. The molecular formula is C46H44N2O2. The third kappa shape index (κ3) is 5.77. The number of hydrogen-bond donors (Lipinski definition) is 2. The summed E-state index contributed by atoms with van der Waals surface area (Å²) >= 11 is 0. The maximum atomic E-state index is 6.79. The van der Waals surface area contributed by atoms with E-state index in [1.807, 2.05) is 0 Å². The zero-order valence-corrected chi connectivity index (χ0v) is 28.5. The predicted octanol–water partition coefficient (Wildman–Crippen LogP) is 9.66. The van der Waals surface area contributed by atoms with E-state index in [0.717, 1.165) is 69.8 Å². The lowest BCUT2D eigenvalue weighted by atomic mass is 9.74. The van der Waals surface area contributed by atoms with Gasteiger partial charge in [0.1, 0.15) is 22.7 Å². The lowest BCUT2D eigenvalue weighted by molar-refractivity contribution is 0.0130. The maximum Gasteiger partial charge on any atom is 0.136 e. The Morgan fingerprint density at radius 1 is 0.520 bits per heavy atom. The van der Waals surface area contributed by atoms with Crippen molar-refractivity contribution in [2.75, 3.05) is 26.2 Å². The molecule has 6 aromatic rings. The zero-order chi connectivity index (χ0) is 33.4. The van der Waals surface area contributed by atoms with Gasteiger partial charge >= 0.3 is 0 Å². The van der Waals surface area contributed by atoms with Gasteiger partial charge in [0.05, 0.1) is 0 Å². The van der Waals surface area contributed by atoms with Crippen LogP contribution in [0.5, 0.6) is 11.5 Å². The Labute approximate surface area is 295 Å². The van der Waals surface area contributed by atoms with Gasteiger partial charge in [0, 0.05) is 40.7 Å². The molecule has 0 aliphatic carbocycles. The number of fused-ring (bicyclic) bond motifs is 6. The number of rotatable bonds is 2. The largest absolute Gasteiger partial charge is 0.486 e. The molecule has 4 aliphatic rings. The van der Waals surface area contributed by atoms with Crippen LogP contribution in [0.15, 0.2) is 140 Å². The maximum absolute atomic E-state index is 6.79. The molecule has 6 aromatic carbocycles. The van der Waals surface area contributed by atoms with Crippen LogP contribution in [-0.2, 0) is 0 Å². The van der Waals surface area contributed by atoms with Gasteiger partial charge in [0.25, 0.3) is 0 Å². The minimum atomic E-state index is -0.201. The van der Waals surface area contributed by atoms with Crippen LogP contribution in [0.25, 0.3) is 27.1 Å². The molecule has 1 unspecified atom stereocenters. The Hall–Kier alpha value is -4.90. The van der Waals surface area contributed by atoms with Crippen molar-refractivity contribution >= 4 is 27.1 Å². The van der Waals surface area contributed by atoms with Gasteiger partial charge in [0.2, 0.25) is 0 Å². The first-order valence-electron chi connectivity index (χ1n) is 18.4. The van der Waals surface area contributed by atoms with Crippen LogP contribution in [-0.4, -0.2) is 37.4 Å². The highest BCUT2D eigenvalue weighted by Gasteiger charge is 2.43. The van der Waals surface area contributed by atoms with Crippen LogP contribution in [0.3, 0.4) is 0 Å². The molecule has 4 aliphatic heterocycles. The van der Waals surface area contributed by atoms with E-state index in [4.69, 9.17) is 9.47 Å². The fourth-order valence-electron chi connectivity index (χ4n) is 8.65.